The van der Waals surface area contributed by atoms with Gasteiger partial charge in [0.25, 0.3) is 0 Å². The fourth-order valence-corrected chi connectivity index (χ4v) is 4.11. The number of thiophene rings is 1. The Balaban J connectivity index is 2.12. The normalized spacial score (nSPS) is 10.9. The summed E-state index contributed by atoms with van der Waals surface area (Å²) < 4.78 is 0.840. The number of nitrogens with zero attached hydrogens (tertiary/aromatic N) is 2. The average molecular weight is 316 g/mol. The van der Waals surface area contributed by atoms with Crippen molar-refractivity contribution >= 4 is 39.4 Å². The Morgan fingerprint density at radius 1 is 1.37 bits per heavy atom. The molecule has 0 spiro atoms. The molecule has 3 nitrogen and oxygen atoms in total. The van der Waals surface area contributed by atoms with Crippen LogP contribution in [0.25, 0.3) is 0 Å². The number of thiazole rings is 1. The van der Waals surface area contributed by atoms with Crippen LogP contribution >= 0.6 is 34.3 Å². The molecule has 0 aliphatic heterocycles. The third-order valence-electron chi connectivity index (χ3n) is 2.79. The van der Waals surface area contributed by atoms with Crippen molar-refractivity contribution in [1.29, 1.82) is 0 Å². The third kappa shape index (κ3) is 3.69. The summed E-state index contributed by atoms with van der Waals surface area (Å²) in [4.78, 5) is 9.50. The zero-order valence-corrected chi connectivity index (χ0v) is 13.8. The van der Waals surface area contributed by atoms with Crippen molar-refractivity contribution in [2.75, 3.05) is 19.0 Å². The second-order valence-corrected chi connectivity index (χ2v) is 7.17. The highest BCUT2D eigenvalue weighted by Crippen LogP contribution is 2.29. The molecule has 6 heteroatoms. The number of anilines is 1. The molecule has 0 bridgehead atoms. The van der Waals surface area contributed by atoms with E-state index < -0.39 is 0 Å². The molecule has 0 atom stereocenters. The highest BCUT2D eigenvalue weighted by atomic mass is 35.5. The molecule has 0 radical (unpaired) electrons. The lowest BCUT2D eigenvalue weighted by molar-refractivity contribution is 0.813. The molecule has 0 aliphatic rings. The molecule has 0 saturated heterocycles. The van der Waals surface area contributed by atoms with E-state index in [2.05, 4.69) is 30.3 Å². The molecule has 0 unspecified atom stereocenters. The van der Waals surface area contributed by atoms with Gasteiger partial charge in [-0.3, -0.25) is 0 Å². The Labute approximate surface area is 127 Å². The first-order valence-corrected chi connectivity index (χ1v) is 8.23. The van der Waals surface area contributed by atoms with Crippen molar-refractivity contribution in [1.82, 2.24) is 10.3 Å². The van der Waals surface area contributed by atoms with E-state index >= 15 is 0 Å². The van der Waals surface area contributed by atoms with E-state index in [-0.39, 0.29) is 0 Å². The summed E-state index contributed by atoms with van der Waals surface area (Å²) in [5.41, 5.74) is 1.20. The minimum absolute atomic E-state index is 0.840. The van der Waals surface area contributed by atoms with Gasteiger partial charge in [-0.15, -0.1) is 22.7 Å². The summed E-state index contributed by atoms with van der Waals surface area (Å²) in [6, 6.07) is 4.02. The van der Waals surface area contributed by atoms with Crippen molar-refractivity contribution < 1.29 is 0 Å². The molecule has 2 aromatic heterocycles. The lowest BCUT2D eigenvalue weighted by Gasteiger charge is -2.14. The molecule has 2 rings (SSSR count). The zero-order chi connectivity index (χ0) is 13.8. The van der Waals surface area contributed by atoms with Crippen LogP contribution in [0, 0.1) is 0 Å². The first-order valence-electron chi connectivity index (χ1n) is 6.22. The first-order chi connectivity index (χ1) is 9.13. The van der Waals surface area contributed by atoms with Crippen LogP contribution in [-0.4, -0.2) is 19.1 Å². The number of rotatable bonds is 6. The summed E-state index contributed by atoms with van der Waals surface area (Å²) in [7, 11) is 4.05. The standard InChI is InChI=1S/C13H18ClN3S2/c1-4-10-11(7-15-2)19-13(16-10)17(3)8-9-5-6-12(14)18-9/h5-6,15H,4,7-8H2,1-3H3. The molecule has 0 fully saturated rings. The summed E-state index contributed by atoms with van der Waals surface area (Å²) in [6.07, 6.45) is 0.978. The summed E-state index contributed by atoms with van der Waals surface area (Å²) in [6.45, 7) is 3.89. The van der Waals surface area contributed by atoms with Gasteiger partial charge in [0.05, 0.1) is 16.6 Å². The Morgan fingerprint density at radius 2 is 2.16 bits per heavy atom. The number of aryl methyl sites for hydroxylation is 1. The molecule has 0 aliphatic carbocycles. The van der Waals surface area contributed by atoms with Gasteiger partial charge in [-0.1, -0.05) is 18.5 Å². The van der Waals surface area contributed by atoms with Gasteiger partial charge < -0.3 is 10.2 Å². The first kappa shape index (κ1) is 14.8. The maximum absolute atomic E-state index is 5.96. The van der Waals surface area contributed by atoms with E-state index in [0.717, 1.165) is 29.0 Å². The van der Waals surface area contributed by atoms with Crippen LogP contribution in [0.15, 0.2) is 12.1 Å². The van der Waals surface area contributed by atoms with Crippen molar-refractivity contribution in [3.63, 3.8) is 0 Å². The maximum atomic E-state index is 5.96. The van der Waals surface area contributed by atoms with Crippen molar-refractivity contribution in [2.45, 2.75) is 26.4 Å². The van der Waals surface area contributed by atoms with E-state index in [1.54, 1.807) is 22.7 Å². The van der Waals surface area contributed by atoms with Crippen molar-refractivity contribution in [3.8, 4) is 0 Å². The summed E-state index contributed by atoms with van der Waals surface area (Å²) in [5, 5.41) is 4.28. The smallest absolute Gasteiger partial charge is 0.185 e. The van der Waals surface area contributed by atoms with Gasteiger partial charge in [0.15, 0.2) is 5.13 Å². The van der Waals surface area contributed by atoms with Gasteiger partial charge in [0.1, 0.15) is 0 Å². The molecule has 19 heavy (non-hydrogen) atoms. The van der Waals surface area contributed by atoms with E-state index in [1.807, 2.05) is 13.1 Å². The van der Waals surface area contributed by atoms with Crippen LogP contribution < -0.4 is 10.2 Å². The van der Waals surface area contributed by atoms with Gasteiger partial charge in [-0.2, -0.15) is 0 Å². The van der Waals surface area contributed by atoms with E-state index in [4.69, 9.17) is 16.6 Å². The second-order valence-electron chi connectivity index (χ2n) is 4.31. The number of nitrogens with one attached hydrogen (secondary N) is 1. The number of aromatic nitrogens is 1. The third-order valence-corrected chi connectivity index (χ3v) is 5.22. The van der Waals surface area contributed by atoms with Crippen LogP contribution in [0.3, 0.4) is 0 Å². The lowest BCUT2D eigenvalue weighted by Crippen LogP contribution is -2.15. The van der Waals surface area contributed by atoms with E-state index in [1.165, 1.54) is 15.4 Å². The van der Waals surface area contributed by atoms with E-state index in [9.17, 15) is 0 Å². The number of hydrogen-bond acceptors (Lipinski definition) is 5. The Bertz CT molecular complexity index is 536. The molecule has 0 saturated carbocycles. The van der Waals surface area contributed by atoms with Crippen LogP contribution in [0.4, 0.5) is 5.13 Å². The highest BCUT2D eigenvalue weighted by Gasteiger charge is 2.13. The fourth-order valence-electron chi connectivity index (χ4n) is 1.85. The predicted molar refractivity (Wildman–Crippen MR) is 85.7 cm³/mol. The fraction of sp³-hybridized carbons (Fsp3) is 0.462. The average Bonchev–Trinajstić information content (AvgIpc) is 2.96. The lowest BCUT2D eigenvalue weighted by atomic mass is 10.3. The Morgan fingerprint density at radius 3 is 2.74 bits per heavy atom. The highest BCUT2D eigenvalue weighted by molar-refractivity contribution is 7.16. The number of hydrogen-bond donors (Lipinski definition) is 1. The van der Waals surface area contributed by atoms with Gasteiger partial charge >= 0.3 is 0 Å². The van der Waals surface area contributed by atoms with Crippen LogP contribution in [0.5, 0.6) is 0 Å². The molecule has 1 N–H and O–H groups in total. The van der Waals surface area contributed by atoms with Gasteiger partial charge in [-0.25, -0.2) is 4.98 Å². The zero-order valence-electron chi connectivity index (χ0n) is 11.4. The largest absolute Gasteiger partial charge is 0.346 e. The Hall–Kier alpha value is -0.620. The molecule has 0 aromatic carbocycles. The van der Waals surface area contributed by atoms with E-state index in [0.29, 0.717) is 0 Å². The molecular formula is C13H18ClN3S2. The SMILES string of the molecule is CCc1nc(N(C)Cc2ccc(Cl)s2)sc1CNC. The maximum Gasteiger partial charge on any atom is 0.185 e. The van der Waals surface area contributed by atoms with Crippen LogP contribution in [-0.2, 0) is 19.5 Å². The quantitative estimate of drug-likeness (QED) is 0.879. The second kappa shape index (κ2) is 6.70. The van der Waals surface area contributed by atoms with Gasteiger partial charge in [-0.05, 0) is 25.6 Å². The summed E-state index contributed by atoms with van der Waals surface area (Å²) >= 11 is 9.35. The molecule has 0 amide bonds. The monoisotopic (exact) mass is 315 g/mol. The van der Waals surface area contributed by atoms with Crippen molar-refractivity contribution in [3.05, 3.63) is 31.9 Å². The van der Waals surface area contributed by atoms with Crippen LogP contribution in [0.1, 0.15) is 22.4 Å². The minimum Gasteiger partial charge on any atom is -0.346 e. The molecule has 2 aromatic rings. The Kier molecular flexibility index (Phi) is 5.21. The summed E-state index contributed by atoms with van der Waals surface area (Å²) in [5.74, 6) is 0. The number of halogens is 1. The minimum atomic E-state index is 0.840. The van der Waals surface area contributed by atoms with Gasteiger partial charge in [0, 0.05) is 23.3 Å². The van der Waals surface area contributed by atoms with Crippen LogP contribution in [0.2, 0.25) is 4.34 Å². The molecule has 2 heterocycles. The molecule has 104 valence electrons. The predicted octanol–water partition coefficient (Wildman–Crippen LogP) is 3.78. The van der Waals surface area contributed by atoms with Crippen molar-refractivity contribution in [2.24, 2.45) is 0 Å². The van der Waals surface area contributed by atoms with Gasteiger partial charge in [0.2, 0.25) is 0 Å². The molecular weight excluding hydrogens is 298 g/mol. The topological polar surface area (TPSA) is 28.2 Å².